The summed E-state index contributed by atoms with van der Waals surface area (Å²) in [6.07, 6.45) is 0. The van der Waals surface area contributed by atoms with E-state index in [9.17, 15) is 0 Å². The number of furan rings is 2. The maximum Gasteiger partial charge on any atom is 0.159 e. The molecule has 0 atom stereocenters. The number of benzene rings is 11. The van der Waals surface area contributed by atoms with Gasteiger partial charge in [0.15, 0.2) is 11.2 Å². The Kier molecular flexibility index (Phi) is 10.2. The zero-order chi connectivity index (χ0) is 54.8. The summed E-state index contributed by atoms with van der Waals surface area (Å²) in [5, 5.41) is 9.41. The highest BCUT2D eigenvalue weighted by atomic mass is 16.3. The van der Waals surface area contributed by atoms with Crippen molar-refractivity contribution in [3.05, 3.63) is 240 Å². The molecule has 2 aliphatic carbocycles. The third-order valence-corrected chi connectivity index (χ3v) is 18.0. The Hall–Kier alpha value is -8.86. The molecule has 2 aliphatic rings. The fourth-order valence-corrected chi connectivity index (χ4v) is 14.1. The van der Waals surface area contributed by atoms with Crippen LogP contribution < -0.4 is 9.80 Å². The van der Waals surface area contributed by atoms with Gasteiger partial charge >= 0.3 is 0 Å². The third kappa shape index (κ3) is 7.00. The van der Waals surface area contributed by atoms with Gasteiger partial charge in [0, 0.05) is 66.3 Å². The molecular formula is C76H64N2O2. The van der Waals surface area contributed by atoms with Crippen LogP contribution in [0.25, 0.3) is 87.7 Å². The van der Waals surface area contributed by atoms with Gasteiger partial charge < -0.3 is 18.6 Å². The molecule has 0 aliphatic heterocycles. The summed E-state index contributed by atoms with van der Waals surface area (Å²) in [4.78, 5) is 4.74. The molecule has 0 bridgehead atoms. The van der Waals surface area contributed by atoms with Gasteiger partial charge in [-0.05, 0) is 162 Å². The summed E-state index contributed by atoms with van der Waals surface area (Å²) in [6.45, 7) is 23.4. The summed E-state index contributed by atoms with van der Waals surface area (Å²) < 4.78 is 14.0. The van der Waals surface area contributed by atoms with Crippen molar-refractivity contribution in [1.29, 1.82) is 0 Å². The van der Waals surface area contributed by atoms with Crippen LogP contribution in [0.15, 0.2) is 215 Å². The van der Waals surface area contributed by atoms with E-state index in [0.717, 1.165) is 78.0 Å². The van der Waals surface area contributed by atoms with Gasteiger partial charge in [0.2, 0.25) is 0 Å². The quantitative estimate of drug-likeness (QED) is 0.166. The lowest BCUT2D eigenvalue weighted by atomic mass is 9.72. The fourth-order valence-electron chi connectivity index (χ4n) is 14.1. The molecule has 4 heteroatoms. The number of hydrogen-bond donors (Lipinski definition) is 0. The lowest BCUT2D eigenvalue weighted by Crippen LogP contribution is -2.24. The molecule has 13 aromatic rings. The SMILES string of the molecule is CC(C)(C)c1cccc2c1oc1c(N(c3ccccc3)c3ccc4cc5c(cc4c3)C(C)(C)c3c-5ccc4c3C(C)(C)c3cc5cc(N(c6ccccc6)c6cccc7c6oc6c(C(C)(C)C)cccc67)ccc5cc3-4)cccc12. The second-order valence-corrected chi connectivity index (χ2v) is 25.7. The smallest absolute Gasteiger partial charge is 0.159 e. The number of rotatable bonds is 6. The Bertz CT molecular complexity index is 4430. The Morgan fingerprint density at radius 1 is 0.312 bits per heavy atom. The number of anilines is 6. The number of nitrogens with zero attached hydrogens (tertiary/aromatic N) is 2. The summed E-state index contributed by atoms with van der Waals surface area (Å²) in [6, 6.07) is 76.4. The molecule has 0 N–H and O–H groups in total. The van der Waals surface area contributed by atoms with Crippen molar-refractivity contribution >= 4 is 99.5 Å². The van der Waals surface area contributed by atoms with Crippen molar-refractivity contribution in [3.63, 3.8) is 0 Å². The summed E-state index contributed by atoms with van der Waals surface area (Å²) in [5.41, 5.74) is 22.7. The van der Waals surface area contributed by atoms with Gasteiger partial charge in [-0.15, -0.1) is 0 Å². The average Bonchev–Trinajstić information content (AvgIpc) is 3.84. The van der Waals surface area contributed by atoms with Gasteiger partial charge in [0.1, 0.15) is 11.2 Å². The minimum Gasteiger partial charge on any atom is -0.454 e. The zero-order valence-corrected chi connectivity index (χ0v) is 47.3. The molecule has 4 nitrogen and oxygen atoms in total. The molecule has 0 amide bonds. The van der Waals surface area contributed by atoms with Crippen molar-refractivity contribution in [2.75, 3.05) is 9.80 Å². The van der Waals surface area contributed by atoms with Crippen LogP contribution in [-0.2, 0) is 21.7 Å². The highest BCUT2D eigenvalue weighted by Gasteiger charge is 2.46. The molecule has 80 heavy (non-hydrogen) atoms. The molecule has 0 saturated carbocycles. The molecule has 0 spiro atoms. The third-order valence-electron chi connectivity index (χ3n) is 18.0. The van der Waals surface area contributed by atoms with Crippen molar-refractivity contribution in [3.8, 4) is 22.3 Å². The maximum absolute atomic E-state index is 7.01. The minimum atomic E-state index is -0.267. The number of para-hydroxylation sites is 6. The van der Waals surface area contributed by atoms with E-state index in [1.54, 1.807) is 0 Å². The van der Waals surface area contributed by atoms with E-state index in [4.69, 9.17) is 8.83 Å². The van der Waals surface area contributed by atoms with Gasteiger partial charge in [-0.2, -0.15) is 0 Å². The molecular weight excluding hydrogens is 973 g/mol. The van der Waals surface area contributed by atoms with Crippen molar-refractivity contribution in [1.82, 2.24) is 0 Å². The first-order chi connectivity index (χ1) is 38.4. The van der Waals surface area contributed by atoms with Crippen LogP contribution in [0, 0.1) is 0 Å². The molecule has 0 unspecified atom stereocenters. The van der Waals surface area contributed by atoms with Crippen LogP contribution in [0.2, 0.25) is 0 Å². The Morgan fingerprint density at radius 3 is 1.07 bits per heavy atom. The fraction of sp³-hybridized carbons (Fsp3) is 0.184. The van der Waals surface area contributed by atoms with Crippen molar-refractivity contribution in [2.24, 2.45) is 0 Å². The maximum atomic E-state index is 7.01. The van der Waals surface area contributed by atoms with Crippen LogP contribution in [0.4, 0.5) is 34.1 Å². The molecule has 2 heterocycles. The van der Waals surface area contributed by atoms with E-state index < -0.39 is 0 Å². The number of hydrogen-bond acceptors (Lipinski definition) is 4. The van der Waals surface area contributed by atoms with E-state index in [-0.39, 0.29) is 21.7 Å². The lowest BCUT2D eigenvalue weighted by molar-refractivity contribution is 0.572. The molecule has 2 aromatic heterocycles. The highest BCUT2D eigenvalue weighted by molar-refractivity contribution is 6.13. The van der Waals surface area contributed by atoms with Gasteiger partial charge in [-0.1, -0.05) is 191 Å². The van der Waals surface area contributed by atoms with Crippen LogP contribution in [0.1, 0.15) is 103 Å². The molecule has 0 radical (unpaired) electrons. The van der Waals surface area contributed by atoms with Crippen molar-refractivity contribution in [2.45, 2.75) is 90.9 Å². The summed E-state index contributed by atoms with van der Waals surface area (Å²) in [5.74, 6) is 0. The van der Waals surface area contributed by atoms with E-state index in [1.807, 2.05) is 0 Å². The predicted octanol–water partition coefficient (Wildman–Crippen LogP) is 21.9. The monoisotopic (exact) mass is 1040 g/mol. The van der Waals surface area contributed by atoms with Crippen LogP contribution in [0.3, 0.4) is 0 Å². The van der Waals surface area contributed by atoms with Crippen LogP contribution in [-0.4, -0.2) is 0 Å². The number of fused-ring (bicyclic) bond motifs is 15. The van der Waals surface area contributed by atoms with E-state index in [0.29, 0.717) is 0 Å². The van der Waals surface area contributed by atoms with Crippen molar-refractivity contribution < 1.29 is 8.83 Å². The Labute approximate surface area is 468 Å². The van der Waals surface area contributed by atoms with Gasteiger partial charge in [-0.3, -0.25) is 0 Å². The van der Waals surface area contributed by atoms with Crippen LogP contribution in [0.5, 0.6) is 0 Å². The second-order valence-electron chi connectivity index (χ2n) is 25.7. The van der Waals surface area contributed by atoms with Gasteiger partial charge in [0.05, 0.1) is 11.4 Å². The second kappa shape index (κ2) is 16.8. The molecule has 0 saturated heterocycles. The Balaban J connectivity index is 0.830. The summed E-state index contributed by atoms with van der Waals surface area (Å²) in [7, 11) is 0. The molecule has 390 valence electrons. The first kappa shape index (κ1) is 48.3. The van der Waals surface area contributed by atoms with E-state index in [2.05, 4.69) is 285 Å². The predicted molar refractivity (Wildman–Crippen MR) is 338 cm³/mol. The standard InChI is InChI=1S/C76H64N2O2/c1-73(2,3)61-29-17-25-55-57-27-19-31-65(71(57)79-69(55)61)77(49-21-13-11-14-22-49)51-35-33-45-41-59-53-37-38-54-60-42-46-34-36-52(40-48(46)44-64(60)76(9,10)68(54)67(53)75(7,8)63(59)43-47(45)39-51)78(50-23-15-12-16-24-50)66-32-20-28-58-56-26-18-30-62(74(4,5)6)70(56)80-72(58)66/h11-44H,1-10H3. The summed E-state index contributed by atoms with van der Waals surface area (Å²) >= 11 is 0. The van der Waals surface area contributed by atoms with Gasteiger partial charge in [-0.25, -0.2) is 0 Å². The first-order valence-corrected chi connectivity index (χ1v) is 28.4. The normalized spacial score (nSPS) is 14.3. The average molecular weight is 1040 g/mol. The first-order valence-electron chi connectivity index (χ1n) is 28.4. The molecule has 15 rings (SSSR count). The largest absolute Gasteiger partial charge is 0.454 e. The highest BCUT2D eigenvalue weighted by Crippen LogP contribution is 2.60. The van der Waals surface area contributed by atoms with Crippen LogP contribution >= 0.6 is 0 Å². The lowest BCUT2D eigenvalue weighted by Gasteiger charge is -2.31. The zero-order valence-electron chi connectivity index (χ0n) is 47.3. The van der Waals surface area contributed by atoms with Gasteiger partial charge in [0.25, 0.3) is 0 Å². The van der Waals surface area contributed by atoms with E-state index in [1.165, 1.54) is 77.2 Å². The Morgan fingerprint density at radius 2 is 0.688 bits per heavy atom. The molecule has 11 aromatic carbocycles. The topological polar surface area (TPSA) is 32.8 Å². The molecule has 0 fully saturated rings. The van der Waals surface area contributed by atoms with E-state index >= 15 is 0 Å². The minimum absolute atomic E-state index is 0.0729.